The van der Waals surface area contributed by atoms with Crippen LogP contribution in [-0.4, -0.2) is 12.1 Å². The van der Waals surface area contributed by atoms with E-state index in [1.54, 1.807) is 0 Å². The molecule has 4 bridgehead atoms. The lowest BCUT2D eigenvalue weighted by Crippen LogP contribution is -2.57. The average Bonchev–Trinajstić information content (AvgIpc) is 2.98. The fourth-order valence-electron chi connectivity index (χ4n) is 5.65. The first-order valence-electron chi connectivity index (χ1n) is 9.26. The Bertz CT molecular complexity index is 705. The van der Waals surface area contributed by atoms with Crippen molar-refractivity contribution in [3.8, 4) is 0 Å². The summed E-state index contributed by atoms with van der Waals surface area (Å²) >= 11 is 0. The van der Waals surface area contributed by atoms with E-state index < -0.39 is 0 Å². The molecule has 4 nitrogen and oxygen atoms in total. The van der Waals surface area contributed by atoms with Gasteiger partial charge in [-0.3, -0.25) is 0 Å². The zero-order valence-electron chi connectivity index (χ0n) is 13.8. The molecule has 4 saturated carbocycles. The van der Waals surface area contributed by atoms with E-state index in [9.17, 15) is 4.79 Å². The maximum Gasteiger partial charge on any atom is 0.315 e. The molecule has 1 heterocycles. The summed E-state index contributed by atoms with van der Waals surface area (Å²) in [6.45, 7) is 0.438. The molecule has 0 radical (unpaired) electrons. The van der Waals surface area contributed by atoms with Gasteiger partial charge < -0.3 is 15.1 Å². The Kier molecular flexibility index (Phi) is 3.32. The molecule has 24 heavy (non-hydrogen) atoms. The summed E-state index contributed by atoms with van der Waals surface area (Å²) in [7, 11) is 0. The zero-order chi connectivity index (χ0) is 16.1. The first-order chi connectivity index (χ1) is 11.7. The lowest BCUT2D eigenvalue weighted by Gasteiger charge is -2.54. The van der Waals surface area contributed by atoms with Crippen molar-refractivity contribution in [2.24, 2.45) is 23.7 Å². The van der Waals surface area contributed by atoms with E-state index in [-0.39, 0.29) is 6.03 Å². The van der Waals surface area contributed by atoms with Crippen LogP contribution >= 0.6 is 0 Å². The van der Waals surface area contributed by atoms with Crippen LogP contribution in [0.25, 0.3) is 11.0 Å². The summed E-state index contributed by atoms with van der Waals surface area (Å²) in [6, 6.07) is 10.3. The van der Waals surface area contributed by atoms with E-state index in [1.807, 2.05) is 30.3 Å². The molecule has 2 N–H and O–H groups in total. The molecule has 6 rings (SSSR count). The Morgan fingerprint density at radius 1 is 1.04 bits per heavy atom. The minimum absolute atomic E-state index is 0.0482. The third-order valence-electron chi connectivity index (χ3n) is 6.42. The molecule has 4 aliphatic rings. The molecular formula is C20H24N2O2. The first kappa shape index (κ1) is 14.4. The van der Waals surface area contributed by atoms with Gasteiger partial charge in [0.05, 0.1) is 6.54 Å². The van der Waals surface area contributed by atoms with Gasteiger partial charge in [0.25, 0.3) is 0 Å². The minimum Gasteiger partial charge on any atom is -0.459 e. The molecule has 2 amide bonds. The summed E-state index contributed by atoms with van der Waals surface area (Å²) in [6.07, 6.45) is 6.73. The van der Waals surface area contributed by atoms with E-state index in [2.05, 4.69) is 10.6 Å². The Morgan fingerprint density at radius 3 is 2.46 bits per heavy atom. The third kappa shape index (κ3) is 2.48. The molecule has 0 unspecified atom stereocenters. The Hall–Kier alpha value is -1.97. The van der Waals surface area contributed by atoms with Crippen molar-refractivity contribution in [2.45, 2.75) is 44.7 Å². The fraction of sp³-hybridized carbons (Fsp3) is 0.550. The molecule has 4 aliphatic carbocycles. The molecule has 2 aromatic rings. The molecule has 0 spiro atoms. The second kappa shape index (κ2) is 5.54. The Labute approximate surface area is 142 Å². The van der Waals surface area contributed by atoms with E-state index in [1.165, 1.54) is 32.1 Å². The molecule has 4 fully saturated rings. The van der Waals surface area contributed by atoms with Crippen molar-refractivity contribution in [1.29, 1.82) is 0 Å². The predicted molar refractivity (Wildman–Crippen MR) is 92.4 cm³/mol. The number of hydrogen-bond donors (Lipinski definition) is 2. The van der Waals surface area contributed by atoms with Crippen molar-refractivity contribution < 1.29 is 9.21 Å². The van der Waals surface area contributed by atoms with Crippen LogP contribution in [0, 0.1) is 23.7 Å². The van der Waals surface area contributed by atoms with Gasteiger partial charge in [-0.05, 0) is 67.9 Å². The van der Waals surface area contributed by atoms with Gasteiger partial charge in [-0.15, -0.1) is 0 Å². The number of rotatable bonds is 3. The summed E-state index contributed by atoms with van der Waals surface area (Å²) in [5.74, 6) is 4.08. The highest BCUT2D eigenvalue weighted by Gasteiger charge is 2.48. The van der Waals surface area contributed by atoms with Gasteiger partial charge in [0.2, 0.25) is 0 Å². The highest BCUT2D eigenvalue weighted by Crippen LogP contribution is 2.53. The number of urea groups is 1. The lowest BCUT2D eigenvalue weighted by molar-refractivity contribution is -0.00943. The van der Waals surface area contributed by atoms with Crippen LogP contribution < -0.4 is 10.6 Å². The van der Waals surface area contributed by atoms with Crippen molar-refractivity contribution >= 4 is 17.0 Å². The van der Waals surface area contributed by atoms with Crippen molar-refractivity contribution in [3.05, 3.63) is 36.1 Å². The number of carbonyl (C=O) groups is 1. The van der Waals surface area contributed by atoms with Crippen LogP contribution in [0.15, 0.2) is 34.7 Å². The van der Waals surface area contributed by atoms with E-state index >= 15 is 0 Å². The van der Waals surface area contributed by atoms with Crippen molar-refractivity contribution in [2.75, 3.05) is 0 Å². The molecule has 1 aromatic carbocycles. The lowest BCUT2D eigenvalue weighted by atomic mass is 9.54. The molecular weight excluding hydrogens is 300 g/mol. The summed E-state index contributed by atoms with van der Waals surface area (Å²) in [4.78, 5) is 12.4. The number of benzene rings is 1. The Balaban J connectivity index is 1.20. The fourth-order valence-corrected chi connectivity index (χ4v) is 5.65. The number of fused-ring (bicyclic) bond motifs is 1. The highest BCUT2D eigenvalue weighted by atomic mass is 16.3. The second-order valence-corrected chi connectivity index (χ2v) is 8.03. The quantitative estimate of drug-likeness (QED) is 0.894. The van der Waals surface area contributed by atoms with Crippen LogP contribution in [0.1, 0.15) is 37.9 Å². The molecule has 0 aliphatic heterocycles. The largest absolute Gasteiger partial charge is 0.459 e. The third-order valence-corrected chi connectivity index (χ3v) is 6.42. The number of carbonyl (C=O) groups excluding carboxylic acids is 1. The summed E-state index contributed by atoms with van der Waals surface area (Å²) in [5, 5.41) is 7.33. The number of para-hydroxylation sites is 1. The van der Waals surface area contributed by atoms with Gasteiger partial charge in [0.1, 0.15) is 11.3 Å². The molecule has 4 heteroatoms. The molecule has 1 aromatic heterocycles. The van der Waals surface area contributed by atoms with Gasteiger partial charge in [-0.1, -0.05) is 18.2 Å². The SMILES string of the molecule is O=C(NCc1cc2ccccc2o1)NC1C2CC3CC(C2)CC1C3. The van der Waals surface area contributed by atoms with Crippen LogP contribution in [0.5, 0.6) is 0 Å². The topological polar surface area (TPSA) is 54.3 Å². The van der Waals surface area contributed by atoms with Crippen LogP contribution in [0.3, 0.4) is 0 Å². The molecule has 126 valence electrons. The maximum absolute atomic E-state index is 12.4. The Morgan fingerprint density at radius 2 is 1.75 bits per heavy atom. The van der Waals surface area contributed by atoms with Gasteiger partial charge in [-0.2, -0.15) is 0 Å². The zero-order valence-corrected chi connectivity index (χ0v) is 13.8. The van der Waals surface area contributed by atoms with Crippen molar-refractivity contribution in [1.82, 2.24) is 10.6 Å². The average molecular weight is 324 g/mol. The standard InChI is InChI=1S/C20H24N2O2/c23-20(21-11-17-10-14-3-1-2-4-18(14)24-17)22-19-15-6-12-5-13(8-15)9-16(19)7-12/h1-4,10,12-13,15-16,19H,5-9,11H2,(H2,21,22,23). The number of hydrogen-bond acceptors (Lipinski definition) is 2. The molecule has 0 atom stereocenters. The van der Waals surface area contributed by atoms with Crippen LogP contribution in [0.2, 0.25) is 0 Å². The number of nitrogens with one attached hydrogen (secondary N) is 2. The highest BCUT2D eigenvalue weighted by molar-refractivity contribution is 5.78. The van der Waals surface area contributed by atoms with Crippen LogP contribution in [-0.2, 0) is 6.54 Å². The number of amides is 2. The minimum atomic E-state index is -0.0482. The summed E-state index contributed by atoms with van der Waals surface area (Å²) < 4.78 is 5.76. The summed E-state index contributed by atoms with van der Waals surface area (Å²) in [5.41, 5.74) is 0.871. The predicted octanol–water partition coefficient (Wildman–Crippen LogP) is 4.06. The second-order valence-electron chi connectivity index (χ2n) is 8.03. The van der Waals surface area contributed by atoms with Crippen LogP contribution in [0.4, 0.5) is 4.79 Å². The van der Waals surface area contributed by atoms with Gasteiger partial charge >= 0.3 is 6.03 Å². The maximum atomic E-state index is 12.4. The van der Waals surface area contributed by atoms with E-state index in [0.29, 0.717) is 24.4 Å². The van der Waals surface area contributed by atoms with Gasteiger partial charge in [0, 0.05) is 11.4 Å². The first-order valence-corrected chi connectivity index (χ1v) is 9.26. The monoisotopic (exact) mass is 324 g/mol. The van der Waals surface area contributed by atoms with Gasteiger partial charge in [-0.25, -0.2) is 4.79 Å². The van der Waals surface area contributed by atoms with E-state index in [4.69, 9.17) is 4.42 Å². The molecule has 0 saturated heterocycles. The number of furan rings is 1. The van der Waals surface area contributed by atoms with Gasteiger partial charge in [0.15, 0.2) is 0 Å². The normalized spacial score (nSPS) is 33.8. The smallest absolute Gasteiger partial charge is 0.315 e. The van der Waals surface area contributed by atoms with E-state index in [0.717, 1.165) is 28.6 Å². The van der Waals surface area contributed by atoms with Crippen molar-refractivity contribution in [3.63, 3.8) is 0 Å².